The Kier molecular flexibility index (Phi) is 6.54. The number of carbonyl (C=O) groups excluding carboxylic acids is 2. The van der Waals surface area contributed by atoms with Crippen molar-refractivity contribution in [3.8, 4) is 11.5 Å². The van der Waals surface area contributed by atoms with Gasteiger partial charge in [-0.25, -0.2) is 13.1 Å². The normalized spacial score (nSPS) is 16.9. The largest absolute Gasteiger partial charge is 0.454 e. The van der Waals surface area contributed by atoms with Crippen molar-refractivity contribution in [1.82, 2.24) is 9.62 Å². The van der Waals surface area contributed by atoms with Crippen molar-refractivity contribution in [2.24, 2.45) is 0 Å². The van der Waals surface area contributed by atoms with Crippen LogP contribution in [0.25, 0.3) is 6.08 Å². The monoisotopic (exact) mass is 474 g/mol. The molecule has 2 amide bonds. The minimum atomic E-state index is -3.73. The Bertz CT molecular complexity index is 1180. The molecule has 1 fully saturated rings. The van der Waals surface area contributed by atoms with Crippen LogP contribution in [0.15, 0.2) is 52.3 Å². The van der Waals surface area contributed by atoms with Crippen LogP contribution in [0, 0.1) is 0 Å². The lowest BCUT2D eigenvalue weighted by Gasteiger charge is -2.13. The van der Waals surface area contributed by atoms with Gasteiger partial charge in [0.05, 0.1) is 9.80 Å². The van der Waals surface area contributed by atoms with Crippen LogP contribution in [-0.4, -0.2) is 44.3 Å². The molecule has 2 aliphatic heterocycles. The van der Waals surface area contributed by atoms with E-state index in [1.807, 2.05) is 0 Å². The molecule has 0 bridgehead atoms. The van der Waals surface area contributed by atoms with Crippen LogP contribution in [0.4, 0.5) is 4.79 Å². The second-order valence-electron chi connectivity index (χ2n) is 7.24. The van der Waals surface area contributed by atoms with E-state index in [1.54, 1.807) is 48.5 Å². The highest BCUT2D eigenvalue weighted by Crippen LogP contribution is 2.36. The zero-order valence-electron chi connectivity index (χ0n) is 17.4. The summed E-state index contributed by atoms with van der Waals surface area (Å²) in [6, 6.07) is 11.9. The Morgan fingerprint density at radius 2 is 1.84 bits per heavy atom. The summed E-state index contributed by atoms with van der Waals surface area (Å²) in [5.74, 6) is 0.749. The van der Waals surface area contributed by atoms with E-state index in [-0.39, 0.29) is 29.7 Å². The molecule has 0 unspecified atom stereocenters. The molecule has 2 aliphatic rings. The van der Waals surface area contributed by atoms with Crippen LogP contribution in [-0.2, 0) is 21.2 Å². The smallest absolute Gasteiger partial charge is 0.293 e. The van der Waals surface area contributed by atoms with Gasteiger partial charge >= 0.3 is 0 Å². The highest BCUT2D eigenvalue weighted by molar-refractivity contribution is 8.18. The van der Waals surface area contributed by atoms with Gasteiger partial charge in [0, 0.05) is 13.1 Å². The molecule has 10 heteroatoms. The molecule has 168 valence electrons. The summed E-state index contributed by atoms with van der Waals surface area (Å²) in [6.07, 6.45) is 3.47. The summed E-state index contributed by atoms with van der Waals surface area (Å²) < 4.78 is 38.0. The first kappa shape index (κ1) is 22.4. The number of nitrogens with zero attached hydrogens (tertiary/aromatic N) is 1. The molecule has 0 saturated carbocycles. The van der Waals surface area contributed by atoms with Crippen molar-refractivity contribution >= 4 is 39.0 Å². The Morgan fingerprint density at radius 1 is 1.09 bits per heavy atom. The average Bonchev–Trinajstić information content (AvgIpc) is 3.34. The Hall–Kier alpha value is -2.82. The van der Waals surface area contributed by atoms with Crippen LogP contribution in [0.3, 0.4) is 0 Å². The number of hydrogen-bond acceptors (Lipinski definition) is 7. The van der Waals surface area contributed by atoms with Crippen molar-refractivity contribution in [1.29, 1.82) is 0 Å². The molecule has 1 N–H and O–H groups in total. The Balaban J connectivity index is 1.37. The molecule has 2 aromatic carbocycles. The molecular formula is C22H22N2O6S2. The summed E-state index contributed by atoms with van der Waals surface area (Å²) in [7, 11) is -3.73. The van der Waals surface area contributed by atoms with Gasteiger partial charge in [0.1, 0.15) is 0 Å². The fraction of sp³-hybridized carbons (Fsp3) is 0.273. The van der Waals surface area contributed by atoms with E-state index in [2.05, 4.69) is 11.6 Å². The predicted octanol–water partition coefficient (Wildman–Crippen LogP) is 3.38. The number of fused-ring (bicyclic) bond motifs is 1. The topological polar surface area (TPSA) is 102 Å². The number of aryl methyl sites for hydroxylation is 1. The van der Waals surface area contributed by atoms with E-state index in [0.29, 0.717) is 17.1 Å². The van der Waals surface area contributed by atoms with Crippen LogP contribution in [0.2, 0.25) is 0 Å². The molecule has 2 heterocycles. The zero-order chi connectivity index (χ0) is 22.7. The number of rotatable bonds is 8. The van der Waals surface area contributed by atoms with Crippen molar-refractivity contribution in [2.75, 3.05) is 19.9 Å². The molecule has 0 aliphatic carbocycles. The first-order chi connectivity index (χ1) is 15.4. The Morgan fingerprint density at radius 3 is 2.59 bits per heavy atom. The van der Waals surface area contributed by atoms with Crippen molar-refractivity contribution in [2.45, 2.75) is 24.7 Å². The molecule has 8 nitrogen and oxygen atoms in total. The van der Waals surface area contributed by atoms with Gasteiger partial charge in [-0.05, 0) is 59.7 Å². The zero-order valence-corrected chi connectivity index (χ0v) is 19.0. The van der Waals surface area contributed by atoms with E-state index >= 15 is 0 Å². The second-order valence-corrected chi connectivity index (χ2v) is 10.00. The first-order valence-corrected chi connectivity index (χ1v) is 12.4. The number of ether oxygens (including phenoxy) is 2. The lowest BCUT2D eigenvalue weighted by molar-refractivity contribution is -0.122. The third-order valence-electron chi connectivity index (χ3n) is 4.97. The van der Waals surface area contributed by atoms with Gasteiger partial charge in [0.2, 0.25) is 16.8 Å². The number of benzene rings is 2. The molecule has 0 atom stereocenters. The van der Waals surface area contributed by atoms with Crippen molar-refractivity contribution < 1.29 is 27.5 Å². The maximum absolute atomic E-state index is 12.7. The summed E-state index contributed by atoms with van der Waals surface area (Å²) in [5.41, 5.74) is 1.77. The van der Waals surface area contributed by atoms with E-state index in [0.717, 1.165) is 35.1 Å². The van der Waals surface area contributed by atoms with Gasteiger partial charge in [-0.1, -0.05) is 31.5 Å². The van der Waals surface area contributed by atoms with Gasteiger partial charge in [-0.2, -0.15) is 0 Å². The van der Waals surface area contributed by atoms with Gasteiger partial charge in [0.25, 0.3) is 11.1 Å². The number of imide groups is 1. The van der Waals surface area contributed by atoms with E-state index in [4.69, 9.17) is 9.47 Å². The van der Waals surface area contributed by atoms with Crippen LogP contribution in [0.5, 0.6) is 11.5 Å². The van der Waals surface area contributed by atoms with Crippen molar-refractivity contribution in [3.05, 3.63) is 58.5 Å². The van der Waals surface area contributed by atoms with Gasteiger partial charge in [0.15, 0.2) is 11.5 Å². The quantitative estimate of drug-likeness (QED) is 0.585. The predicted molar refractivity (Wildman–Crippen MR) is 121 cm³/mol. The maximum atomic E-state index is 12.7. The van der Waals surface area contributed by atoms with Crippen LogP contribution < -0.4 is 14.2 Å². The second kappa shape index (κ2) is 9.35. The number of sulfonamides is 1. The van der Waals surface area contributed by atoms with E-state index < -0.39 is 21.2 Å². The fourth-order valence-electron chi connectivity index (χ4n) is 3.35. The lowest BCUT2D eigenvalue weighted by atomic mass is 10.1. The van der Waals surface area contributed by atoms with Gasteiger partial charge < -0.3 is 9.47 Å². The molecule has 0 spiro atoms. The molecule has 4 rings (SSSR count). The molecule has 0 aromatic heterocycles. The number of carbonyl (C=O) groups is 2. The van der Waals surface area contributed by atoms with Gasteiger partial charge in [-0.15, -0.1) is 0 Å². The Labute approximate surface area is 190 Å². The standard InChI is InChI=1S/C22H22N2O6S2/c1-2-3-15-4-7-17(8-5-15)32(27,28)23-10-11-24-21(25)20(31-22(24)26)13-16-6-9-18-19(12-16)30-14-29-18/h4-9,12-13,23H,2-3,10-11,14H2,1H3/b20-13-. The number of amides is 2. The molecule has 2 aromatic rings. The SMILES string of the molecule is CCCc1ccc(S(=O)(=O)NCCN2C(=O)S/C(=C\c3ccc4c(c3)OCO4)C2=O)cc1. The fourth-order valence-corrected chi connectivity index (χ4v) is 5.23. The average molecular weight is 475 g/mol. The molecule has 32 heavy (non-hydrogen) atoms. The van der Waals surface area contributed by atoms with E-state index in [9.17, 15) is 18.0 Å². The molecule has 0 radical (unpaired) electrons. The van der Waals surface area contributed by atoms with Crippen molar-refractivity contribution in [3.63, 3.8) is 0 Å². The highest BCUT2D eigenvalue weighted by atomic mass is 32.2. The summed E-state index contributed by atoms with van der Waals surface area (Å²) in [4.78, 5) is 26.4. The van der Waals surface area contributed by atoms with E-state index in [1.165, 1.54) is 0 Å². The highest BCUT2D eigenvalue weighted by Gasteiger charge is 2.35. The molecule has 1 saturated heterocycles. The lowest BCUT2D eigenvalue weighted by Crippen LogP contribution is -2.37. The van der Waals surface area contributed by atoms with Crippen LogP contribution >= 0.6 is 11.8 Å². The van der Waals surface area contributed by atoms with Crippen LogP contribution in [0.1, 0.15) is 24.5 Å². The number of hydrogen-bond donors (Lipinski definition) is 1. The van der Waals surface area contributed by atoms with Gasteiger partial charge in [-0.3, -0.25) is 14.5 Å². The summed E-state index contributed by atoms with van der Waals surface area (Å²) in [6.45, 7) is 2.07. The maximum Gasteiger partial charge on any atom is 0.293 e. The number of nitrogens with one attached hydrogen (secondary N) is 1. The summed E-state index contributed by atoms with van der Waals surface area (Å²) >= 11 is 0.820. The number of thioether (sulfide) groups is 1. The summed E-state index contributed by atoms with van der Waals surface area (Å²) in [5, 5.41) is -0.440. The molecular weight excluding hydrogens is 452 g/mol. The minimum absolute atomic E-state index is 0.0592. The minimum Gasteiger partial charge on any atom is -0.454 e. The third kappa shape index (κ3) is 4.82. The first-order valence-electron chi connectivity index (χ1n) is 10.1. The third-order valence-corrected chi connectivity index (χ3v) is 7.35.